The van der Waals surface area contributed by atoms with Gasteiger partial charge in [0.2, 0.25) is 17.5 Å². The highest BCUT2D eigenvalue weighted by molar-refractivity contribution is 6.45. The van der Waals surface area contributed by atoms with E-state index in [1.165, 1.54) is 5.56 Å². The highest BCUT2D eigenvalue weighted by Gasteiger charge is 2.19. The third-order valence-electron chi connectivity index (χ3n) is 4.10. The molecule has 1 aliphatic rings. The molecule has 28 heavy (non-hydrogen) atoms. The number of likely N-dealkylation sites (N-methyl/N-ethyl adjacent to an activating group) is 1. The molecular weight excluding hydrogens is 352 g/mol. The Labute approximate surface area is 166 Å². The van der Waals surface area contributed by atoms with Gasteiger partial charge in [-0.1, -0.05) is 36.4 Å². The zero-order valence-electron chi connectivity index (χ0n) is 16.9. The van der Waals surface area contributed by atoms with Crippen LogP contribution in [0, 0.1) is 6.92 Å². The normalized spacial score (nSPS) is 13.4. The van der Waals surface area contributed by atoms with Crippen molar-refractivity contribution in [2.24, 2.45) is 0 Å². The smallest absolute Gasteiger partial charge is 0.227 e. The zero-order chi connectivity index (χ0) is 20.9. The van der Waals surface area contributed by atoms with E-state index in [1.54, 1.807) is 25.4 Å². The van der Waals surface area contributed by atoms with Gasteiger partial charge in [0.05, 0.1) is 5.92 Å². The van der Waals surface area contributed by atoms with E-state index in [9.17, 15) is 14.4 Å². The number of rotatable bonds is 3. The number of hydrogen-bond acceptors (Lipinski definition) is 4. The lowest BCUT2D eigenvalue weighted by Crippen LogP contribution is -2.27. The fraction of sp³-hybridized carbons (Fsp3) is 0.304. The second-order valence-electron chi connectivity index (χ2n) is 6.40. The van der Waals surface area contributed by atoms with Crippen LogP contribution in [0.5, 0.6) is 0 Å². The van der Waals surface area contributed by atoms with Gasteiger partial charge in [-0.3, -0.25) is 19.4 Å². The fourth-order valence-corrected chi connectivity index (χ4v) is 2.30. The number of hydrogen-bond donors (Lipinski definition) is 1. The van der Waals surface area contributed by atoms with Crippen LogP contribution in [0.4, 0.5) is 0 Å². The molecule has 1 aromatic carbocycles. The van der Waals surface area contributed by atoms with Gasteiger partial charge >= 0.3 is 0 Å². The van der Waals surface area contributed by atoms with Crippen LogP contribution in [-0.4, -0.2) is 29.0 Å². The Morgan fingerprint density at radius 2 is 1.68 bits per heavy atom. The van der Waals surface area contributed by atoms with Gasteiger partial charge < -0.3 is 5.32 Å². The molecule has 1 unspecified atom stereocenters. The van der Waals surface area contributed by atoms with E-state index in [2.05, 4.69) is 10.3 Å². The van der Waals surface area contributed by atoms with Gasteiger partial charge in [0, 0.05) is 25.4 Å². The predicted molar refractivity (Wildman–Crippen MR) is 111 cm³/mol. The van der Waals surface area contributed by atoms with Crippen molar-refractivity contribution < 1.29 is 14.4 Å². The number of benzene rings is 1. The second-order valence-corrected chi connectivity index (χ2v) is 6.40. The maximum absolute atomic E-state index is 11.4. The minimum Gasteiger partial charge on any atom is -0.356 e. The number of amides is 1. The molecular formula is C23H28N2O3. The summed E-state index contributed by atoms with van der Waals surface area (Å²) >= 11 is 0. The maximum atomic E-state index is 11.4. The Morgan fingerprint density at radius 1 is 1.07 bits per heavy atom. The van der Waals surface area contributed by atoms with E-state index >= 15 is 0 Å². The number of allylic oxidation sites excluding steroid dienone is 2. The molecule has 148 valence electrons. The maximum Gasteiger partial charge on any atom is 0.227 e. The highest BCUT2D eigenvalue weighted by atomic mass is 16.2. The Balaban J connectivity index is 0.000000224. The zero-order valence-corrected chi connectivity index (χ0v) is 16.9. The van der Waals surface area contributed by atoms with Crippen LogP contribution in [0.3, 0.4) is 0 Å². The largest absolute Gasteiger partial charge is 0.356 e. The molecule has 0 radical (unpaired) electrons. The summed E-state index contributed by atoms with van der Waals surface area (Å²) in [7, 11) is 0. The first kappa shape index (κ1) is 23.0. The molecule has 0 saturated heterocycles. The lowest BCUT2D eigenvalue weighted by atomic mass is 10.0. The first-order chi connectivity index (χ1) is 13.4. The van der Waals surface area contributed by atoms with Crippen molar-refractivity contribution in [3.8, 4) is 0 Å². The van der Waals surface area contributed by atoms with Crippen LogP contribution in [0.15, 0.2) is 66.5 Å². The summed E-state index contributed by atoms with van der Waals surface area (Å²) in [6, 6.07) is 13.7. The van der Waals surface area contributed by atoms with Crippen molar-refractivity contribution >= 4 is 17.5 Å². The number of nitrogens with one attached hydrogen (secondary N) is 1. The van der Waals surface area contributed by atoms with E-state index < -0.39 is 0 Å². The molecule has 2 aromatic rings. The molecule has 5 heteroatoms. The molecule has 0 aliphatic heterocycles. The van der Waals surface area contributed by atoms with Crippen LogP contribution >= 0.6 is 0 Å². The molecule has 1 aliphatic carbocycles. The van der Waals surface area contributed by atoms with Crippen LogP contribution in [0.1, 0.15) is 44.2 Å². The molecule has 0 bridgehead atoms. The van der Waals surface area contributed by atoms with E-state index in [0.29, 0.717) is 18.5 Å². The summed E-state index contributed by atoms with van der Waals surface area (Å²) in [5, 5.41) is 2.80. The minimum absolute atomic E-state index is 0.0545. The Hall–Kier alpha value is -3.08. The van der Waals surface area contributed by atoms with Crippen molar-refractivity contribution in [2.45, 2.75) is 40.0 Å². The third-order valence-corrected chi connectivity index (χ3v) is 4.10. The van der Waals surface area contributed by atoms with Gasteiger partial charge in [-0.15, -0.1) is 0 Å². The van der Waals surface area contributed by atoms with Crippen molar-refractivity contribution in [3.63, 3.8) is 0 Å². The molecule has 1 aromatic heterocycles. The van der Waals surface area contributed by atoms with Gasteiger partial charge in [0.25, 0.3) is 0 Å². The van der Waals surface area contributed by atoms with Crippen molar-refractivity contribution in [2.75, 3.05) is 6.54 Å². The summed E-state index contributed by atoms with van der Waals surface area (Å²) in [5.41, 5.74) is 2.92. The lowest BCUT2D eigenvalue weighted by Gasteiger charge is -2.10. The van der Waals surface area contributed by atoms with Crippen molar-refractivity contribution in [1.82, 2.24) is 10.3 Å². The average Bonchev–Trinajstić information content (AvgIpc) is 3.01. The molecule has 3 rings (SSSR count). The second kappa shape index (κ2) is 12.3. The number of Topliss-reactive ketones (excluding diaryl/α,β-unsaturated/α-hetero) is 2. The third kappa shape index (κ3) is 8.08. The minimum atomic E-state index is -0.315. The molecule has 0 spiro atoms. The number of nitrogens with zero attached hydrogens (tertiary/aromatic N) is 1. The molecule has 0 saturated carbocycles. The molecule has 0 fully saturated rings. The number of carbonyl (C=O) groups excluding carboxylic acids is 3. The first-order valence-electron chi connectivity index (χ1n) is 9.30. The quantitative estimate of drug-likeness (QED) is 0.822. The molecule has 1 atom stereocenters. The summed E-state index contributed by atoms with van der Waals surface area (Å²) in [4.78, 5) is 36.1. The van der Waals surface area contributed by atoms with Gasteiger partial charge in [-0.05, 0) is 56.5 Å². The van der Waals surface area contributed by atoms with E-state index in [1.807, 2.05) is 63.2 Å². The summed E-state index contributed by atoms with van der Waals surface area (Å²) in [6.45, 7) is 8.24. The predicted octanol–water partition coefficient (Wildman–Crippen LogP) is 3.79. The van der Waals surface area contributed by atoms with Gasteiger partial charge in [-0.25, -0.2) is 0 Å². The van der Waals surface area contributed by atoms with Gasteiger partial charge in [-0.2, -0.15) is 0 Å². The fourth-order valence-electron chi connectivity index (χ4n) is 2.30. The Bertz CT molecular complexity index is 799. The van der Waals surface area contributed by atoms with Crippen LogP contribution in [0.2, 0.25) is 0 Å². The SMILES string of the molecule is CC1=CCC(=O)C1=O.CCNC(=O)C(C)c1ccccc1.Cc1ccncc1. The number of pyridine rings is 1. The average molecular weight is 380 g/mol. The number of ketones is 2. The van der Waals surface area contributed by atoms with Crippen LogP contribution in [-0.2, 0) is 14.4 Å². The lowest BCUT2D eigenvalue weighted by molar-refractivity contribution is -0.132. The van der Waals surface area contributed by atoms with Crippen LogP contribution < -0.4 is 5.32 Å². The molecule has 1 N–H and O–H groups in total. The van der Waals surface area contributed by atoms with Crippen LogP contribution in [0.25, 0.3) is 0 Å². The molecule has 5 nitrogen and oxygen atoms in total. The standard InChI is InChI=1S/C11H15NO.C6H7N.C6H6O2/c1-3-12-11(13)9(2)10-7-5-4-6-8-10;1-6-2-4-7-5-3-6;1-4-2-3-5(7)6(4)8/h4-9H,3H2,1-2H3,(H,12,13);2-5H,1H3;2H,3H2,1H3. The van der Waals surface area contributed by atoms with Crippen molar-refractivity contribution in [3.05, 3.63) is 77.6 Å². The topological polar surface area (TPSA) is 76.1 Å². The highest BCUT2D eigenvalue weighted by Crippen LogP contribution is 2.13. The molecule has 1 amide bonds. The number of aromatic nitrogens is 1. The summed E-state index contributed by atoms with van der Waals surface area (Å²) < 4.78 is 0. The molecule has 1 heterocycles. The Kier molecular flexibility index (Phi) is 10.1. The van der Waals surface area contributed by atoms with Gasteiger partial charge in [0.1, 0.15) is 0 Å². The number of aryl methyl sites for hydroxylation is 1. The van der Waals surface area contributed by atoms with E-state index in [-0.39, 0.29) is 23.4 Å². The summed E-state index contributed by atoms with van der Waals surface area (Å²) in [6.07, 6.45) is 5.54. The van der Waals surface area contributed by atoms with E-state index in [0.717, 1.165) is 5.56 Å². The first-order valence-corrected chi connectivity index (χ1v) is 9.30. The summed E-state index contributed by atoms with van der Waals surface area (Å²) in [5.74, 6) is -0.553. The number of carbonyl (C=O) groups is 3. The monoisotopic (exact) mass is 380 g/mol. The van der Waals surface area contributed by atoms with E-state index in [4.69, 9.17) is 0 Å². The van der Waals surface area contributed by atoms with Gasteiger partial charge in [0.15, 0.2) is 0 Å². The Morgan fingerprint density at radius 3 is 2.04 bits per heavy atom. The van der Waals surface area contributed by atoms with Crippen molar-refractivity contribution in [1.29, 1.82) is 0 Å².